The number of rotatable bonds is 6. The van der Waals surface area contributed by atoms with Gasteiger partial charge >= 0.3 is 0 Å². The third kappa shape index (κ3) is 4.39. The maximum Gasteiger partial charge on any atom is 0.232 e. The number of aryl methyl sites for hydroxylation is 1. The lowest BCUT2D eigenvalue weighted by molar-refractivity contribution is -0.130. The van der Waals surface area contributed by atoms with Crippen molar-refractivity contribution in [2.24, 2.45) is 7.05 Å². The van der Waals surface area contributed by atoms with Gasteiger partial charge < -0.3 is 9.47 Å². The molecule has 6 heteroatoms. The minimum Gasteiger partial charge on any atom is -0.339 e. The highest BCUT2D eigenvalue weighted by Gasteiger charge is 2.22. The Morgan fingerprint density at radius 1 is 1.00 bits per heavy atom. The standard InChI is InChI=1S/C22H26N4OS/c1-24-20-10-6-5-9-19(20)23-21(24)15-25-11-13-26(14-12-25)22(27)17-28-16-18-7-3-2-4-8-18/h2-10H,11-17H2,1H3. The maximum atomic E-state index is 12.5. The van der Waals surface area contributed by atoms with Crippen LogP contribution in [0.3, 0.4) is 0 Å². The summed E-state index contributed by atoms with van der Waals surface area (Å²) in [7, 11) is 2.08. The minimum atomic E-state index is 0.253. The van der Waals surface area contributed by atoms with Gasteiger partial charge in [-0.25, -0.2) is 4.98 Å². The van der Waals surface area contributed by atoms with Gasteiger partial charge in [-0.15, -0.1) is 11.8 Å². The topological polar surface area (TPSA) is 41.4 Å². The van der Waals surface area contributed by atoms with Crippen molar-refractivity contribution in [3.05, 3.63) is 66.0 Å². The van der Waals surface area contributed by atoms with E-state index in [1.807, 2.05) is 35.2 Å². The summed E-state index contributed by atoms with van der Waals surface area (Å²) in [6.07, 6.45) is 0. The fourth-order valence-electron chi connectivity index (χ4n) is 3.61. The zero-order valence-corrected chi connectivity index (χ0v) is 17.1. The van der Waals surface area contributed by atoms with Gasteiger partial charge in [0.1, 0.15) is 5.82 Å². The molecule has 2 aromatic carbocycles. The Bertz CT molecular complexity index is 932. The Morgan fingerprint density at radius 2 is 1.71 bits per heavy atom. The molecule has 1 aliphatic rings. The molecule has 1 fully saturated rings. The number of benzene rings is 2. The molecular formula is C22H26N4OS. The van der Waals surface area contributed by atoms with Crippen LogP contribution in [0.15, 0.2) is 54.6 Å². The molecule has 0 atom stereocenters. The summed E-state index contributed by atoms with van der Waals surface area (Å²) in [6, 6.07) is 18.6. The van der Waals surface area contributed by atoms with Gasteiger partial charge in [0.05, 0.1) is 23.3 Å². The van der Waals surface area contributed by atoms with Gasteiger partial charge in [-0.2, -0.15) is 0 Å². The molecule has 5 nitrogen and oxygen atoms in total. The Kier molecular flexibility index (Phi) is 5.98. The molecule has 146 valence electrons. The molecule has 2 heterocycles. The van der Waals surface area contributed by atoms with Crippen molar-refractivity contribution in [1.82, 2.24) is 19.4 Å². The minimum absolute atomic E-state index is 0.253. The number of fused-ring (bicyclic) bond motifs is 1. The van der Waals surface area contributed by atoms with Crippen LogP contribution in [0.1, 0.15) is 11.4 Å². The van der Waals surface area contributed by atoms with E-state index in [0.29, 0.717) is 5.75 Å². The highest BCUT2D eigenvalue weighted by molar-refractivity contribution is 7.99. The molecular weight excluding hydrogens is 368 g/mol. The summed E-state index contributed by atoms with van der Waals surface area (Å²) in [5.41, 5.74) is 3.48. The number of hydrogen-bond donors (Lipinski definition) is 0. The predicted molar refractivity (Wildman–Crippen MR) is 115 cm³/mol. The molecule has 1 saturated heterocycles. The van der Waals surface area contributed by atoms with E-state index in [4.69, 9.17) is 4.98 Å². The summed E-state index contributed by atoms with van der Waals surface area (Å²) in [6.45, 7) is 4.23. The number of carbonyl (C=O) groups excluding carboxylic acids is 1. The van der Waals surface area contributed by atoms with Crippen LogP contribution >= 0.6 is 11.8 Å². The summed E-state index contributed by atoms with van der Waals surface area (Å²) >= 11 is 1.70. The summed E-state index contributed by atoms with van der Waals surface area (Å²) < 4.78 is 2.17. The number of carbonyl (C=O) groups is 1. The first-order valence-electron chi connectivity index (χ1n) is 9.73. The molecule has 4 rings (SSSR count). The molecule has 0 N–H and O–H groups in total. The highest BCUT2D eigenvalue weighted by Crippen LogP contribution is 2.17. The van der Waals surface area contributed by atoms with E-state index in [1.54, 1.807) is 11.8 Å². The summed E-state index contributed by atoms with van der Waals surface area (Å²) in [4.78, 5) is 21.7. The van der Waals surface area contributed by atoms with Crippen LogP contribution in [0.5, 0.6) is 0 Å². The zero-order chi connectivity index (χ0) is 19.3. The SMILES string of the molecule is Cn1c(CN2CCN(C(=O)CSCc3ccccc3)CC2)nc2ccccc21. The molecule has 1 aromatic heterocycles. The predicted octanol–water partition coefficient (Wildman–Crippen LogP) is 3.15. The Morgan fingerprint density at radius 3 is 2.46 bits per heavy atom. The van der Waals surface area contributed by atoms with Crippen LogP contribution in [0.25, 0.3) is 11.0 Å². The smallest absolute Gasteiger partial charge is 0.232 e. The van der Waals surface area contributed by atoms with E-state index in [9.17, 15) is 4.79 Å². The average Bonchev–Trinajstić information content (AvgIpc) is 3.05. The number of imidazole rings is 1. The van der Waals surface area contributed by atoms with Crippen LogP contribution in [0.4, 0.5) is 0 Å². The van der Waals surface area contributed by atoms with E-state index >= 15 is 0 Å². The second-order valence-corrected chi connectivity index (χ2v) is 8.20. The van der Waals surface area contributed by atoms with E-state index in [2.05, 4.69) is 40.8 Å². The summed E-state index contributed by atoms with van der Waals surface area (Å²) in [5.74, 6) is 2.78. The zero-order valence-electron chi connectivity index (χ0n) is 16.3. The van der Waals surface area contributed by atoms with Crippen LogP contribution in [-0.2, 0) is 24.1 Å². The van der Waals surface area contributed by atoms with Crippen molar-refractivity contribution < 1.29 is 4.79 Å². The molecule has 1 amide bonds. The molecule has 0 aliphatic carbocycles. The Labute approximate surface area is 170 Å². The largest absolute Gasteiger partial charge is 0.339 e. The second kappa shape index (κ2) is 8.80. The van der Waals surface area contributed by atoms with Gasteiger partial charge in [0.15, 0.2) is 0 Å². The molecule has 3 aromatic rings. The van der Waals surface area contributed by atoms with Crippen LogP contribution < -0.4 is 0 Å². The van der Waals surface area contributed by atoms with Gasteiger partial charge in [0.2, 0.25) is 5.91 Å². The molecule has 0 bridgehead atoms. The van der Waals surface area contributed by atoms with Crippen molar-refractivity contribution in [2.45, 2.75) is 12.3 Å². The van der Waals surface area contributed by atoms with Crippen molar-refractivity contribution in [3.63, 3.8) is 0 Å². The number of amides is 1. The van der Waals surface area contributed by atoms with Gasteiger partial charge in [0.25, 0.3) is 0 Å². The number of nitrogens with zero attached hydrogens (tertiary/aromatic N) is 4. The van der Waals surface area contributed by atoms with Crippen molar-refractivity contribution in [3.8, 4) is 0 Å². The molecule has 0 saturated carbocycles. The van der Waals surface area contributed by atoms with Crippen molar-refractivity contribution in [2.75, 3.05) is 31.9 Å². The van der Waals surface area contributed by atoms with E-state index in [0.717, 1.165) is 49.8 Å². The van der Waals surface area contributed by atoms with Gasteiger partial charge in [-0.1, -0.05) is 42.5 Å². The monoisotopic (exact) mass is 394 g/mol. The first kappa shape index (κ1) is 19.0. The van der Waals surface area contributed by atoms with E-state index < -0.39 is 0 Å². The average molecular weight is 395 g/mol. The highest BCUT2D eigenvalue weighted by atomic mass is 32.2. The summed E-state index contributed by atoms with van der Waals surface area (Å²) in [5, 5.41) is 0. The third-order valence-corrected chi connectivity index (χ3v) is 6.30. The molecule has 0 unspecified atom stereocenters. The maximum absolute atomic E-state index is 12.5. The Balaban J connectivity index is 1.25. The molecule has 0 spiro atoms. The van der Waals surface area contributed by atoms with E-state index in [-0.39, 0.29) is 5.91 Å². The number of thioether (sulfide) groups is 1. The molecule has 1 aliphatic heterocycles. The second-order valence-electron chi connectivity index (χ2n) is 7.21. The van der Waals surface area contributed by atoms with Gasteiger partial charge in [-0.05, 0) is 17.7 Å². The van der Waals surface area contributed by atoms with Crippen molar-refractivity contribution in [1.29, 1.82) is 0 Å². The van der Waals surface area contributed by atoms with Crippen LogP contribution in [-0.4, -0.2) is 57.2 Å². The number of piperazine rings is 1. The first-order chi connectivity index (χ1) is 13.7. The lowest BCUT2D eigenvalue weighted by atomic mass is 10.2. The van der Waals surface area contributed by atoms with Crippen molar-refractivity contribution >= 4 is 28.7 Å². The first-order valence-corrected chi connectivity index (χ1v) is 10.9. The quantitative estimate of drug-likeness (QED) is 0.644. The Hall–Kier alpha value is -2.31. The normalized spacial score (nSPS) is 15.2. The molecule has 28 heavy (non-hydrogen) atoms. The molecule has 0 radical (unpaired) electrons. The van der Waals surface area contributed by atoms with Crippen LogP contribution in [0, 0.1) is 0 Å². The lowest BCUT2D eigenvalue weighted by Gasteiger charge is -2.34. The third-order valence-electron chi connectivity index (χ3n) is 5.31. The number of aromatic nitrogens is 2. The number of hydrogen-bond acceptors (Lipinski definition) is 4. The lowest BCUT2D eigenvalue weighted by Crippen LogP contribution is -2.49. The number of para-hydroxylation sites is 2. The van der Waals surface area contributed by atoms with E-state index in [1.165, 1.54) is 11.1 Å². The van der Waals surface area contributed by atoms with Gasteiger partial charge in [0, 0.05) is 39.0 Å². The fraction of sp³-hybridized carbons (Fsp3) is 0.364. The van der Waals surface area contributed by atoms with Crippen LogP contribution in [0.2, 0.25) is 0 Å². The van der Waals surface area contributed by atoms with Gasteiger partial charge in [-0.3, -0.25) is 9.69 Å². The fourth-order valence-corrected chi connectivity index (χ4v) is 4.50.